The van der Waals surface area contributed by atoms with E-state index < -0.39 is 0 Å². The summed E-state index contributed by atoms with van der Waals surface area (Å²) in [6.45, 7) is 4.87. The van der Waals surface area contributed by atoms with Gasteiger partial charge in [0.1, 0.15) is 11.5 Å². The van der Waals surface area contributed by atoms with Gasteiger partial charge in [-0.1, -0.05) is 24.3 Å². The van der Waals surface area contributed by atoms with Gasteiger partial charge in [0.15, 0.2) is 0 Å². The van der Waals surface area contributed by atoms with Gasteiger partial charge in [0.25, 0.3) is 0 Å². The normalized spacial score (nSPS) is 10.2. The van der Waals surface area contributed by atoms with Gasteiger partial charge in [0.2, 0.25) is 11.8 Å². The maximum absolute atomic E-state index is 12.1. The van der Waals surface area contributed by atoms with E-state index in [4.69, 9.17) is 9.47 Å². The molecule has 150 valence electrons. The predicted octanol–water partition coefficient (Wildman–Crippen LogP) is 4.62. The first kappa shape index (κ1) is 21.3. The SMILES string of the molecule is CCOc1ccccc1NC(=O)CCCCC(=O)Nc1ccccc1OCC. The Hall–Kier alpha value is -3.02. The molecule has 2 aromatic carbocycles. The van der Waals surface area contributed by atoms with Gasteiger partial charge in [-0.2, -0.15) is 0 Å². The van der Waals surface area contributed by atoms with Gasteiger partial charge in [0.05, 0.1) is 24.6 Å². The molecule has 2 N–H and O–H groups in total. The van der Waals surface area contributed by atoms with Crippen LogP contribution in [0.2, 0.25) is 0 Å². The zero-order valence-corrected chi connectivity index (χ0v) is 16.5. The second kappa shape index (κ2) is 11.6. The molecule has 28 heavy (non-hydrogen) atoms. The van der Waals surface area contributed by atoms with E-state index >= 15 is 0 Å². The van der Waals surface area contributed by atoms with Crippen LogP contribution in [-0.2, 0) is 9.59 Å². The van der Waals surface area contributed by atoms with Crippen LogP contribution in [0.5, 0.6) is 11.5 Å². The fraction of sp³-hybridized carbons (Fsp3) is 0.364. The number of amides is 2. The molecule has 0 radical (unpaired) electrons. The average Bonchev–Trinajstić information content (AvgIpc) is 2.69. The Morgan fingerprint density at radius 3 is 1.50 bits per heavy atom. The van der Waals surface area contributed by atoms with Gasteiger partial charge in [-0.3, -0.25) is 9.59 Å². The molecule has 0 aliphatic carbocycles. The van der Waals surface area contributed by atoms with Crippen molar-refractivity contribution in [2.24, 2.45) is 0 Å². The summed E-state index contributed by atoms with van der Waals surface area (Å²) in [7, 11) is 0. The van der Waals surface area contributed by atoms with Gasteiger partial charge >= 0.3 is 0 Å². The zero-order valence-electron chi connectivity index (χ0n) is 16.5. The summed E-state index contributed by atoms with van der Waals surface area (Å²) < 4.78 is 11.0. The van der Waals surface area contributed by atoms with Gasteiger partial charge in [-0.25, -0.2) is 0 Å². The third-order valence-electron chi connectivity index (χ3n) is 3.98. The van der Waals surface area contributed by atoms with Gasteiger partial charge in [-0.05, 0) is 51.0 Å². The van der Waals surface area contributed by atoms with Crippen molar-refractivity contribution in [1.82, 2.24) is 0 Å². The third kappa shape index (κ3) is 6.95. The lowest BCUT2D eigenvalue weighted by Gasteiger charge is -2.12. The van der Waals surface area contributed by atoms with Crippen LogP contribution in [0.25, 0.3) is 0 Å². The summed E-state index contributed by atoms with van der Waals surface area (Å²) >= 11 is 0. The van der Waals surface area contributed by atoms with Crippen molar-refractivity contribution >= 4 is 23.2 Å². The summed E-state index contributed by atoms with van der Waals surface area (Å²) in [5, 5.41) is 5.73. The molecule has 0 fully saturated rings. The maximum atomic E-state index is 12.1. The summed E-state index contributed by atoms with van der Waals surface area (Å²) in [6.07, 6.45) is 1.96. The highest BCUT2D eigenvalue weighted by Gasteiger charge is 2.09. The summed E-state index contributed by atoms with van der Waals surface area (Å²) in [4.78, 5) is 24.3. The molecule has 0 aliphatic rings. The number of unbranched alkanes of at least 4 members (excludes halogenated alkanes) is 1. The molecule has 0 unspecified atom stereocenters. The van der Waals surface area contributed by atoms with Crippen LogP contribution in [0.3, 0.4) is 0 Å². The van der Waals surface area contributed by atoms with Crippen molar-refractivity contribution in [2.45, 2.75) is 39.5 Å². The number of ether oxygens (including phenoxy) is 2. The molecular formula is C22H28N2O4. The summed E-state index contributed by atoms with van der Waals surface area (Å²) in [6, 6.07) is 14.7. The molecule has 2 rings (SSSR count). The first-order chi connectivity index (χ1) is 13.6. The Bertz CT molecular complexity index is 711. The Morgan fingerprint density at radius 1 is 0.714 bits per heavy atom. The largest absolute Gasteiger partial charge is 0.492 e. The van der Waals surface area contributed by atoms with Crippen molar-refractivity contribution in [3.05, 3.63) is 48.5 Å². The highest BCUT2D eigenvalue weighted by Crippen LogP contribution is 2.25. The number of rotatable bonds is 11. The number of carbonyl (C=O) groups excluding carboxylic acids is 2. The summed E-state index contributed by atoms with van der Waals surface area (Å²) in [5.74, 6) is 1.14. The highest BCUT2D eigenvalue weighted by molar-refractivity contribution is 5.93. The lowest BCUT2D eigenvalue weighted by Crippen LogP contribution is -2.14. The van der Waals surface area contributed by atoms with Gasteiger partial charge < -0.3 is 20.1 Å². The van der Waals surface area contributed by atoms with Gasteiger partial charge in [0, 0.05) is 12.8 Å². The van der Waals surface area contributed by atoms with E-state index in [0.29, 0.717) is 61.8 Å². The monoisotopic (exact) mass is 384 g/mol. The minimum Gasteiger partial charge on any atom is -0.492 e. The highest BCUT2D eigenvalue weighted by atomic mass is 16.5. The number of carbonyl (C=O) groups is 2. The second-order valence-electron chi connectivity index (χ2n) is 6.16. The van der Waals surface area contributed by atoms with Crippen LogP contribution in [0, 0.1) is 0 Å². The number of para-hydroxylation sites is 4. The van der Waals surface area contributed by atoms with Crippen molar-refractivity contribution in [3.63, 3.8) is 0 Å². The number of hydrogen-bond donors (Lipinski definition) is 2. The summed E-state index contributed by atoms with van der Waals surface area (Å²) in [5.41, 5.74) is 1.33. The molecule has 0 atom stereocenters. The van der Waals surface area contributed by atoms with Crippen molar-refractivity contribution in [2.75, 3.05) is 23.8 Å². The number of benzene rings is 2. The van der Waals surface area contributed by atoms with Crippen LogP contribution < -0.4 is 20.1 Å². The van der Waals surface area contributed by atoms with E-state index in [-0.39, 0.29) is 11.8 Å². The maximum Gasteiger partial charge on any atom is 0.224 e. The Labute approximate surface area is 166 Å². The molecule has 0 aliphatic heterocycles. The van der Waals surface area contributed by atoms with E-state index in [2.05, 4.69) is 10.6 Å². The van der Waals surface area contributed by atoms with E-state index in [9.17, 15) is 9.59 Å². The Morgan fingerprint density at radius 2 is 1.11 bits per heavy atom. The molecule has 6 heteroatoms. The third-order valence-corrected chi connectivity index (χ3v) is 3.98. The van der Waals surface area contributed by atoms with E-state index in [1.54, 1.807) is 0 Å². The first-order valence-electron chi connectivity index (χ1n) is 9.67. The van der Waals surface area contributed by atoms with Crippen LogP contribution >= 0.6 is 0 Å². The second-order valence-corrected chi connectivity index (χ2v) is 6.16. The van der Waals surface area contributed by atoms with Crippen LogP contribution in [0.1, 0.15) is 39.5 Å². The van der Waals surface area contributed by atoms with Crippen LogP contribution in [-0.4, -0.2) is 25.0 Å². The molecule has 0 saturated heterocycles. The number of anilines is 2. The number of nitrogens with one attached hydrogen (secondary N) is 2. The van der Waals surface area contributed by atoms with Crippen molar-refractivity contribution in [3.8, 4) is 11.5 Å². The molecule has 2 aromatic rings. The van der Waals surface area contributed by atoms with E-state index in [1.807, 2.05) is 62.4 Å². The molecule has 0 aromatic heterocycles. The standard InChI is InChI=1S/C22H28N2O4/c1-3-27-19-13-7-5-11-17(19)23-21(25)15-9-10-16-22(26)24-18-12-6-8-14-20(18)28-4-2/h5-8,11-14H,3-4,9-10,15-16H2,1-2H3,(H,23,25)(H,24,26). The van der Waals surface area contributed by atoms with Crippen molar-refractivity contribution < 1.29 is 19.1 Å². The molecule has 0 spiro atoms. The Balaban J connectivity index is 1.72. The molecule has 0 heterocycles. The Kier molecular flexibility index (Phi) is 8.85. The first-order valence-corrected chi connectivity index (χ1v) is 9.67. The lowest BCUT2D eigenvalue weighted by molar-refractivity contribution is -0.118. The van der Waals surface area contributed by atoms with Crippen LogP contribution in [0.15, 0.2) is 48.5 Å². The topological polar surface area (TPSA) is 76.7 Å². The predicted molar refractivity (Wildman–Crippen MR) is 111 cm³/mol. The van der Waals surface area contributed by atoms with Gasteiger partial charge in [-0.15, -0.1) is 0 Å². The molecular weight excluding hydrogens is 356 g/mol. The minimum atomic E-state index is -0.0887. The fourth-order valence-electron chi connectivity index (χ4n) is 2.70. The van der Waals surface area contributed by atoms with Crippen LogP contribution in [0.4, 0.5) is 11.4 Å². The molecule has 6 nitrogen and oxygen atoms in total. The fourth-order valence-corrected chi connectivity index (χ4v) is 2.70. The van der Waals surface area contributed by atoms with E-state index in [1.165, 1.54) is 0 Å². The quantitative estimate of drug-likeness (QED) is 0.554. The molecule has 2 amide bonds. The van der Waals surface area contributed by atoms with E-state index in [0.717, 1.165) is 0 Å². The van der Waals surface area contributed by atoms with Crippen molar-refractivity contribution in [1.29, 1.82) is 0 Å². The number of hydrogen-bond acceptors (Lipinski definition) is 4. The smallest absolute Gasteiger partial charge is 0.224 e. The lowest BCUT2D eigenvalue weighted by atomic mass is 10.1. The molecule has 0 bridgehead atoms. The molecule has 0 saturated carbocycles. The zero-order chi connectivity index (χ0) is 20.2. The minimum absolute atomic E-state index is 0.0887. The average molecular weight is 384 g/mol.